The van der Waals surface area contributed by atoms with E-state index in [9.17, 15) is 19.2 Å². The summed E-state index contributed by atoms with van der Waals surface area (Å²) in [4.78, 5) is 53.1. The monoisotopic (exact) mass is 615 g/mol. The van der Waals surface area contributed by atoms with Crippen molar-refractivity contribution in [2.75, 3.05) is 37.9 Å². The first-order valence-electron chi connectivity index (χ1n) is 14.4. The van der Waals surface area contributed by atoms with Crippen molar-refractivity contribution in [3.05, 3.63) is 93.8 Å². The van der Waals surface area contributed by atoms with E-state index in [0.29, 0.717) is 42.1 Å². The zero-order chi connectivity index (χ0) is 32.7. The maximum absolute atomic E-state index is 13.5. The second kappa shape index (κ2) is 14.0. The van der Waals surface area contributed by atoms with E-state index in [1.54, 1.807) is 50.4 Å². The Hall–Kier alpha value is -5.32. The van der Waals surface area contributed by atoms with Crippen LogP contribution in [-0.4, -0.2) is 55.7 Å². The van der Waals surface area contributed by atoms with Gasteiger partial charge in [0.25, 0.3) is 11.8 Å². The molecule has 2 N–H and O–H groups in total. The van der Waals surface area contributed by atoms with Gasteiger partial charge in [-0.3, -0.25) is 14.4 Å². The number of carbonyl (C=O) groups is 3. The normalized spacial score (nSPS) is 11.1. The van der Waals surface area contributed by atoms with Crippen molar-refractivity contribution >= 4 is 40.3 Å². The van der Waals surface area contributed by atoms with Crippen LogP contribution in [0.1, 0.15) is 54.2 Å². The van der Waals surface area contributed by atoms with Gasteiger partial charge in [-0.15, -0.1) is 0 Å². The number of para-hydroxylation sites is 1. The number of likely N-dealkylation sites (N-methyl/N-ethyl adjacent to an activating group) is 1. The van der Waals surface area contributed by atoms with Crippen LogP contribution < -0.4 is 25.5 Å². The Morgan fingerprint density at radius 2 is 1.62 bits per heavy atom. The van der Waals surface area contributed by atoms with Gasteiger partial charge in [0.2, 0.25) is 0 Å². The number of methoxy groups -OCH3 is 1. The molecule has 0 atom stereocenters. The molecule has 1 aromatic heterocycles. The minimum atomic E-state index is -0.723. The molecule has 3 aromatic carbocycles. The van der Waals surface area contributed by atoms with E-state index in [1.807, 2.05) is 32.9 Å². The number of nitrogens with one attached hydrogen (secondary N) is 2. The van der Waals surface area contributed by atoms with E-state index in [1.165, 1.54) is 24.1 Å². The van der Waals surface area contributed by atoms with Crippen molar-refractivity contribution < 1.29 is 33.0 Å². The number of ether oxygens (including phenoxy) is 3. The molecule has 0 saturated heterocycles. The van der Waals surface area contributed by atoms with Gasteiger partial charge in [-0.2, -0.15) is 0 Å². The van der Waals surface area contributed by atoms with Crippen LogP contribution in [0, 0.1) is 0 Å². The van der Waals surface area contributed by atoms with Crippen LogP contribution in [0.25, 0.3) is 11.0 Å². The summed E-state index contributed by atoms with van der Waals surface area (Å²) in [5.41, 5.74) is 0.996. The van der Waals surface area contributed by atoms with Crippen molar-refractivity contribution in [1.82, 2.24) is 4.90 Å². The molecule has 11 nitrogen and oxygen atoms in total. The molecule has 0 aliphatic rings. The van der Waals surface area contributed by atoms with E-state index in [4.69, 9.17) is 18.6 Å². The number of carbonyl (C=O) groups excluding carboxylic acids is 3. The maximum atomic E-state index is 13.5. The van der Waals surface area contributed by atoms with Gasteiger partial charge in [0.15, 0.2) is 22.7 Å². The lowest BCUT2D eigenvalue weighted by Crippen LogP contribution is -2.35. The molecule has 1 heterocycles. The lowest BCUT2D eigenvalue weighted by molar-refractivity contribution is 0.0300. The van der Waals surface area contributed by atoms with E-state index in [-0.39, 0.29) is 28.0 Å². The highest BCUT2D eigenvalue weighted by Gasteiger charge is 2.22. The summed E-state index contributed by atoms with van der Waals surface area (Å²) in [6.07, 6.45) is 0.185. The van der Waals surface area contributed by atoms with Gasteiger partial charge in [0.05, 0.1) is 30.4 Å². The number of benzene rings is 3. The third kappa shape index (κ3) is 8.41. The Morgan fingerprint density at radius 3 is 2.29 bits per heavy atom. The lowest BCUT2D eigenvalue weighted by Gasteiger charge is -2.24. The van der Waals surface area contributed by atoms with E-state index < -0.39 is 23.5 Å². The number of nitrogens with zero attached hydrogens (tertiary/aromatic N) is 1. The van der Waals surface area contributed by atoms with E-state index >= 15 is 0 Å². The van der Waals surface area contributed by atoms with Gasteiger partial charge in [0, 0.05) is 31.4 Å². The summed E-state index contributed by atoms with van der Waals surface area (Å²) >= 11 is 0. The largest absolute Gasteiger partial charge is 0.493 e. The summed E-state index contributed by atoms with van der Waals surface area (Å²) in [5.74, 6) is -0.856. The third-order valence-electron chi connectivity index (χ3n) is 6.61. The molecular formula is C34H37N3O8. The fraction of sp³-hybridized carbons (Fsp3) is 0.294. The molecule has 11 heteroatoms. The average molecular weight is 616 g/mol. The quantitative estimate of drug-likeness (QED) is 0.218. The smallest absolute Gasteiger partial charge is 0.410 e. The van der Waals surface area contributed by atoms with Crippen LogP contribution in [-0.2, 0) is 11.2 Å². The SMILES string of the molecule is CCOc1cc(C(=O)Nc2ccc(CCN(C)C(=O)OC(C)(C)C)cc2)c(NC(=O)c2cc(=O)c3ccccc3o2)cc1OC. The van der Waals surface area contributed by atoms with Crippen molar-refractivity contribution in [3.8, 4) is 11.5 Å². The van der Waals surface area contributed by atoms with Crippen molar-refractivity contribution in [2.24, 2.45) is 0 Å². The van der Waals surface area contributed by atoms with Gasteiger partial charge in [-0.1, -0.05) is 24.3 Å². The Labute approximate surface area is 261 Å². The second-order valence-electron chi connectivity index (χ2n) is 11.2. The van der Waals surface area contributed by atoms with Gasteiger partial charge in [-0.25, -0.2) is 4.79 Å². The zero-order valence-electron chi connectivity index (χ0n) is 26.2. The van der Waals surface area contributed by atoms with Crippen molar-refractivity contribution in [1.29, 1.82) is 0 Å². The molecule has 4 aromatic rings. The van der Waals surface area contributed by atoms with Crippen LogP contribution in [0.15, 0.2) is 75.9 Å². The first-order chi connectivity index (χ1) is 21.4. The van der Waals surface area contributed by atoms with E-state index in [0.717, 1.165) is 11.6 Å². The Bertz CT molecular complexity index is 1760. The predicted molar refractivity (Wildman–Crippen MR) is 172 cm³/mol. The highest BCUT2D eigenvalue weighted by atomic mass is 16.6. The van der Waals surface area contributed by atoms with Crippen LogP contribution in [0.2, 0.25) is 0 Å². The fourth-order valence-corrected chi connectivity index (χ4v) is 4.36. The van der Waals surface area contributed by atoms with Crippen LogP contribution in [0.4, 0.5) is 16.2 Å². The molecule has 3 amide bonds. The standard InChI is InChI=1S/C34H37N3O8/c1-7-43-29-18-24(31(39)35-22-14-12-21(13-15-22)16-17-37(5)33(41)45-34(2,3)4)25(19-28(29)42-6)36-32(40)30-20-26(38)23-10-8-9-11-27(23)44-30/h8-15,18-20H,7,16-17H2,1-6H3,(H,35,39)(H,36,40). The molecule has 45 heavy (non-hydrogen) atoms. The summed E-state index contributed by atoms with van der Waals surface area (Å²) in [5, 5.41) is 5.87. The number of anilines is 2. The molecule has 0 fully saturated rings. The predicted octanol–water partition coefficient (Wildman–Crippen LogP) is 6.11. The van der Waals surface area contributed by atoms with E-state index in [2.05, 4.69) is 10.6 Å². The first-order valence-corrected chi connectivity index (χ1v) is 14.4. The minimum Gasteiger partial charge on any atom is -0.493 e. The average Bonchev–Trinajstić information content (AvgIpc) is 3.00. The molecular weight excluding hydrogens is 578 g/mol. The molecule has 4 rings (SSSR count). The van der Waals surface area contributed by atoms with Crippen LogP contribution in [0.5, 0.6) is 11.5 Å². The molecule has 0 unspecified atom stereocenters. The highest BCUT2D eigenvalue weighted by molar-refractivity contribution is 6.12. The number of hydrogen-bond donors (Lipinski definition) is 2. The van der Waals surface area contributed by atoms with Crippen molar-refractivity contribution in [3.63, 3.8) is 0 Å². The molecule has 0 bridgehead atoms. The molecule has 0 saturated carbocycles. The minimum absolute atomic E-state index is 0.0961. The number of rotatable bonds is 10. The molecule has 0 aliphatic carbocycles. The summed E-state index contributed by atoms with van der Waals surface area (Å²) in [7, 11) is 3.12. The van der Waals surface area contributed by atoms with Crippen LogP contribution >= 0.6 is 0 Å². The summed E-state index contributed by atoms with van der Waals surface area (Å²) in [6, 6.07) is 17.9. The Kier molecular flexibility index (Phi) is 10.1. The molecule has 0 spiro atoms. The zero-order valence-corrected chi connectivity index (χ0v) is 26.2. The van der Waals surface area contributed by atoms with Crippen LogP contribution in [0.3, 0.4) is 0 Å². The number of hydrogen-bond acceptors (Lipinski definition) is 8. The maximum Gasteiger partial charge on any atom is 0.410 e. The summed E-state index contributed by atoms with van der Waals surface area (Å²) < 4.78 is 22.2. The highest BCUT2D eigenvalue weighted by Crippen LogP contribution is 2.34. The van der Waals surface area contributed by atoms with Crippen molar-refractivity contribution in [2.45, 2.75) is 39.7 Å². The molecule has 0 radical (unpaired) electrons. The van der Waals surface area contributed by atoms with Gasteiger partial charge >= 0.3 is 6.09 Å². The summed E-state index contributed by atoms with van der Waals surface area (Å²) in [6.45, 7) is 8.01. The third-order valence-corrected chi connectivity index (χ3v) is 6.61. The lowest BCUT2D eigenvalue weighted by atomic mass is 10.1. The number of amides is 3. The van der Waals surface area contributed by atoms with Gasteiger partial charge in [-0.05, 0) is 70.0 Å². The first kappa shape index (κ1) is 32.6. The topological polar surface area (TPSA) is 136 Å². The van der Waals surface area contributed by atoms with Gasteiger partial charge < -0.3 is 34.2 Å². The molecule has 0 aliphatic heterocycles. The number of fused-ring (bicyclic) bond motifs is 1. The second-order valence-corrected chi connectivity index (χ2v) is 11.2. The molecule has 236 valence electrons. The van der Waals surface area contributed by atoms with Gasteiger partial charge in [0.1, 0.15) is 11.2 Å². The Morgan fingerprint density at radius 1 is 0.911 bits per heavy atom. The Balaban J connectivity index is 1.53. The fourth-order valence-electron chi connectivity index (χ4n) is 4.36.